The second-order valence-electron chi connectivity index (χ2n) is 5.37. The number of rotatable bonds is 4. The molecule has 9 heteroatoms. The number of nitrogens with one attached hydrogen (secondary N) is 1. The van der Waals surface area contributed by atoms with Crippen LogP contribution >= 0.6 is 0 Å². The minimum Gasteiger partial charge on any atom is -0.341 e. The van der Waals surface area contributed by atoms with Crippen molar-refractivity contribution in [3.63, 3.8) is 0 Å². The number of nitrogens with zero attached hydrogens (tertiary/aromatic N) is 7. The predicted molar refractivity (Wildman–Crippen MR) is 88.0 cm³/mol. The normalized spacial score (nSPS) is 12.2. The molecule has 0 bridgehead atoms. The van der Waals surface area contributed by atoms with Gasteiger partial charge >= 0.3 is 0 Å². The van der Waals surface area contributed by atoms with Gasteiger partial charge in [-0.25, -0.2) is 19.5 Å². The summed E-state index contributed by atoms with van der Waals surface area (Å²) in [5.41, 5.74) is 1.18. The molecule has 9 nitrogen and oxygen atoms in total. The summed E-state index contributed by atoms with van der Waals surface area (Å²) in [7, 11) is 0. The van der Waals surface area contributed by atoms with Crippen LogP contribution in [0.25, 0.3) is 11.5 Å². The van der Waals surface area contributed by atoms with E-state index in [0.717, 1.165) is 5.52 Å². The van der Waals surface area contributed by atoms with Gasteiger partial charge in [0.05, 0.1) is 11.6 Å². The van der Waals surface area contributed by atoms with Crippen molar-refractivity contribution in [1.82, 2.24) is 39.7 Å². The van der Waals surface area contributed by atoms with Gasteiger partial charge in [-0.15, -0.1) is 0 Å². The molecule has 0 aliphatic carbocycles. The quantitative estimate of drug-likeness (QED) is 0.601. The maximum Gasteiger partial charge on any atom is 0.272 e. The highest BCUT2D eigenvalue weighted by Gasteiger charge is 2.20. The third-order valence-corrected chi connectivity index (χ3v) is 3.65. The van der Waals surface area contributed by atoms with Crippen LogP contribution in [0.1, 0.15) is 29.3 Å². The van der Waals surface area contributed by atoms with Gasteiger partial charge in [0.15, 0.2) is 11.5 Å². The summed E-state index contributed by atoms with van der Waals surface area (Å²) in [5.74, 6) is 0.631. The van der Waals surface area contributed by atoms with Crippen LogP contribution in [0.3, 0.4) is 0 Å². The van der Waals surface area contributed by atoms with E-state index in [4.69, 9.17) is 0 Å². The molecule has 4 heterocycles. The first-order valence-corrected chi connectivity index (χ1v) is 7.65. The van der Waals surface area contributed by atoms with Crippen molar-refractivity contribution in [2.45, 2.75) is 13.0 Å². The number of hydrogen-bond donors (Lipinski definition) is 1. The van der Waals surface area contributed by atoms with Gasteiger partial charge in [-0.3, -0.25) is 4.79 Å². The zero-order chi connectivity index (χ0) is 17.2. The van der Waals surface area contributed by atoms with E-state index in [1.54, 1.807) is 35.2 Å². The first-order chi connectivity index (χ1) is 12.2. The number of amides is 1. The minimum atomic E-state index is -0.399. The molecule has 0 aliphatic rings. The minimum absolute atomic E-state index is 0.292. The van der Waals surface area contributed by atoms with Crippen molar-refractivity contribution >= 4 is 11.4 Å². The van der Waals surface area contributed by atoms with E-state index >= 15 is 0 Å². The number of aromatic nitrogens is 7. The highest BCUT2D eigenvalue weighted by Crippen LogP contribution is 2.13. The molecule has 1 N–H and O–H groups in total. The first-order valence-electron chi connectivity index (χ1n) is 7.65. The molecule has 0 unspecified atom stereocenters. The second kappa shape index (κ2) is 6.11. The Kier molecular flexibility index (Phi) is 3.65. The van der Waals surface area contributed by atoms with Gasteiger partial charge < -0.3 is 5.32 Å². The Morgan fingerprint density at radius 3 is 2.80 bits per heavy atom. The average Bonchev–Trinajstić information content (AvgIpc) is 3.29. The summed E-state index contributed by atoms with van der Waals surface area (Å²) in [5, 5.41) is 11.3. The molecule has 25 heavy (non-hydrogen) atoms. The molecule has 0 spiro atoms. The second-order valence-corrected chi connectivity index (χ2v) is 5.37. The van der Waals surface area contributed by atoms with E-state index in [1.165, 1.54) is 11.0 Å². The highest BCUT2D eigenvalue weighted by molar-refractivity contribution is 5.93. The van der Waals surface area contributed by atoms with Crippen LogP contribution in [0.15, 0.2) is 55.2 Å². The number of pyridine rings is 1. The topological polar surface area (TPSA) is 103 Å². The molecule has 4 aromatic heterocycles. The van der Waals surface area contributed by atoms with Gasteiger partial charge in [0.25, 0.3) is 11.9 Å². The molecular formula is C16H14N8O. The number of carbonyl (C=O) groups excluding carboxylic acids is 1. The number of carbonyl (C=O) groups is 1. The van der Waals surface area contributed by atoms with Gasteiger partial charge in [0.2, 0.25) is 0 Å². The zero-order valence-corrected chi connectivity index (χ0v) is 13.3. The summed E-state index contributed by atoms with van der Waals surface area (Å²) in [4.78, 5) is 25.0. The van der Waals surface area contributed by atoms with Crippen LogP contribution in [0.2, 0.25) is 0 Å². The van der Waals surface area contributed by atoms with Crippen LogP contribution in [0, 0.1) is 0 Å². The molecule has 0 fully saturated rings. The van der Waals surface area contributed by atoms with Crippen LogP contribution in [0.4, 0.5) is 0 Å². The Labute approximate surface area is 142 Å². The summed E-state index contributed by atoms with van der Waals surface area (Å²) in [6.45, 7) is 1.82. The standard InChI is InChI=1S/C16H14N8O/c1-11(14-19-10-20-24(14)16-17-6-4-7-18-16)21-15(25)13-9-12-5-2-3-8-23(12)22-13/h2-11H,1H3,(H,21,25)/t11-/m1/s1. The van der Waals surface area contributed by atoms with Crippen molar-refractivity contribution in [2.75, 3.05) is 0 Å². The summed E-state index contributed by atoms with van der Waals surface area (Å²) < 4.78 is 3.15. The zero-order valence-electron chi connectivity index (χ0n) is 13.3. The molecule has 1 atom stereocenters. The Morgan fingerprint density at radius 1 is 1.16 bits per heavy atom. The van der Waals surface area contributed by atoms with Crippen LogP contribution in [-0.4, -0.2) is 40.3 Å². The van der Waals surface area contributed by atoms with Crippen molar-refractivity contribution in [1.29, 1.82) is 0 Å². The van der Waals surface area contributed by atoms with Crippen LogP contribution in [0.5, 0.6) is 0 Å². The smallest absolute Gasteiger partial charge is 0.272 e. The van der Waals surface area contributed by atoms with Gasteiger partial charge in [-0.05, 0) is 31.2 Å². The van der Waals surface area contributed by atoms with Crippen LogP contribution in [-0.2, 0) is 0 Å². The fraction of sp³-hybridized carbons (Fsp3) is 0.125. The third-order valence-electron chi connectivity index (χ3n) is 3.65. The summed E-state index contributed by atoms with van der Waals surface area (Å²) in [6.07, 6.45) is 6.43. The Hall–Kier alpha value is -3.62. The van der Waals surface area contributed by atoms with E-state index in [2.05, 4.69) is 30.5 Å². The van der Waals surface area contributed by atoms with Gasteiger partial charge in [0.1, 0.15) is 6.33 Å². The SMILES string of the molecule is C[C@@H](NC(=O)c1cc2ccccn2n1)c1ncnn1-c1ncccn1. The summed E-state index contributed by atoms with van der Waals surface area (Å²) >= 11 is 0. The van der Waals surface area contributed by atoms with Crippen molar-refractivity contribution in [2.24, 2.45) is 0 Å². The Balaban J connectivity index is 1.57. The lowest BCUT2D eigenvalue weighted by molar-refractivity contribution is 0.0932. The van der Waals surface area contributed by atoms with E-state index in [1.807, 2.05) is 25.1 Å². The van der Waals surface area contributed by atoms with Gasteiger partial charge in [-0.2, -0.15) is 14.9 Å². The van der Waals surface area contributed by atoms with Gasteiger partial charge in [-0.1, -0.05) is 6.07 Å². The molecule has 0 saturated heterocycles. The molecule has 0 radical (unpaired) electrons. The van der Waals surface area contributed by atoms with Crippen LogP contribution < -0.4 is 5.32 Å². The molecule has 0 saturated carbocycles. The summed E-state index contributed by atoms with van der Waals surface area (Å²) in [6, 6.07) is 8.68. The van der Waals surface area contributed by atoms with E-state index in [0.29, 0.717) is 17.5 Å². The molecule has 124 valence electrons. The lowest BCUT2D eigenvalue weighted by atomic mass is 10.3. The van der Waals surface area contributed by atoms with E-state index < -0.39 is 6.04 Å². The Morgan fingerprint density at radius 2 is 2.00 bits per heavy atom. The fourth-order valence-corrected chi connectivity index (χ4v) is 2.48. The predicted octanol–water partition coefficient (Wildman–Crippen LogP) is 1.20. The number of fused-ring (bicyclic) bond motifs is 1. The molecule has 4 rings (SSSR count). The first kappa shape index (κ1) is 14.9. The third kappa shape index (κ3) is 2.82. The number of hydrogen-bond acceptors (Lipinski definition) is 6. The maximum absolute atomic E-state index is 12.5. The molecular weight excluding hydrogens is 320 g/mol. The monoisotopic (exact) mass is 334 g/mol. The fourth-order valence-electron chi connectivity index (χ4n) is 2.48. The highest BCUT2D eigenvalue weighted by atomic mass is 16.2. The average molecular weight is 334 g/mol. The Bertz CT molecular complexity index is 990. The van der Waals surface area contributed by atoms with Crippen molar-refractivity contribution in [3.8, 4) is 5.95 Å². The lowest BCUT2D eigenvalue weighted by Gasteiger charge is -2.12. The molecule has 4 aromatic rings. The van der Waals surface area contributed by atoms with E-state index in [-0.39, 0.29) is 5.91 Å². The largest absolute Gasteiger partial charge is 0.341 e. The van der Waals surface area contributed by atoms with Gasteiger partial charge in [0, 0.05) is 18.6 Å². The lowest BCUT2D eigenvalue weighted by Crippen LogP contribution is -2.29. The van der Waals surface area contributed by atoms with Crippen molar-refractivity contribution in [3.05, 3.63) is 66.8 Å². The molecule has 0 aliphatic heterocycles. The van der Waals surface area contributed by atoms with Crippen molar-refractivity contribution < 1.29 is 4.79 Å². The maximum atomic E-state index is 12.5. The molecule has 0 aromatic carbocycles. The molecule has 1 amide bonds. The van der Waals surface area contributed by atoms with E-state index in [9.17, 15) is 4.79 Å².